The molecule has 41 heavy (non-hydrogen) atoms. The summed E-state index contributed by atoms with van der Waals surface area (Å²) in [7, 11) is 0. The molecule has 3 unspecified atom stereocenters. The van der Waals surface area contributed by atoms with E-state index >= 15 is 0 Å². The molecular formula is C33H37ClN2O5. The zero-order valence-corrected chi connectivity index (χ0v) is 24.3. The topological polar surface area (TPSA) is 79.3 Å². The van der Waals surface area contributed by atoms with Gasteiger partial charge in [-0.2, -0.15) is 0 Å². The van der Waals surface area contributed by atoms with Gasteiger partial charge >= 0.3 is 5.97 Å². The first-order valence-corrected chi connectivity index (χ1v) is 14.8. The number of hydrogen-bond acceptors (Lipinski definition) is 5. The number of anilines is 1. The minimum absolute atomic E-state index is 0.0807. The largest absolute Gasteiger partial charge is 0.486 e. The summed E-state index contributed by atoms with van der Waals surface area (Å²) in [6, 6.07) is 20.6. The van der Waals surface area contributed by atoms with Crippen LogP contribution in [0.4, 0.5) is 5.69 Å². The molecule has 1 amide bonds. The molecule has 216 valence electrons. The zero-order chi connectivity index (χ0) is 28.9. The van der Waals surface area contributed by atoms with Crippen LogP contribution in [0.3, 0.4) is 0 Å². The molecule has 0 spiro atoms. The van der Waals surface area contributed by atoms with Crippen molar-refractivity contribution >= 4 is 29.2 Å². The number of rotatable bonds is 10. The van der Waals surface area contributed by atoms with Crippen molar-refractivity contribution < 1.29 is 24.2 Å². The van der Waals surface area contributed by atoms with E-state index in [2.05, 4.69) is 13.8 Å². The lowest BCUT2D eigenvalue weighted by Gasteiger charge is -2.30. The van der Waals surface area contributed by atoms with Crippen molar-refractivity contribution in [2.45, 2.75) is 45.1 Å². The Morgan fingerprint density at radius 1 is 0.976 bits per heavy atom. The summed E-state index contributed by atoms with van der Waals surface area (Å²) in [4.78, 5) is 30.7. The van der Waals surface area contributed by atoms with Gasteiger partial charge in [-0.3, -0.25) is 14.5 Å². The molecule has 8 heteroatoms. The first-order valence-electron chi connectivity index (χ1n) is 14.4. The number of aliphatic carboxylic acids is 1. The highest BCUT2D eigenvalue weighted by atomic mass is 35.5. The average molecular weight is 577 g/mol. The third-order valence-electron chi connectivity index (χ3n) is 8.10. The molecule has 7 nitrogen and oxygen atoms in total. The lowest BCUT2D eigenvalue weighted by Crippen LogP contribution is -2.41. The van der Waals surface area contributed by atoms with Crippen LogP contribution in [-0.2, 0) is 16.0 Å². The number of hydrogen-bond donors (Lipinski definition) is 1. The normalized spacial score (nSPS) is 20.1. The predicted molar refractivity (Wildman–Crippen MR) is 160 cm³/mol. The van der Waals surface area contributed by atoms with Gasteiger partial charge in [0.05, 0.1) is 12.5 Å². The number of nitrogens with zero attached hydrogens (tertiary/aromatic N) is 2. The van der Waals surface area contributed by atoms with E-state index in [9.17, 15) is 14.7 Å². The van der Waals surface area contributed by atoms with Gasteiger partial charge in [0.15, 0.2) is 11.5 Å². The number of carboxylic acids is 1. The van der Waals surface area contributed by atoms with Crippen LogP contribution in [0.2, 0.25) is 5.02 Å². The van der Waals surface area contributed by atoms with Crippen LogP contribution in [0.15, 0.2) is 66.7 Å². The maximum absolute atomic E-state index is 14.0. The van der Waals surface area contributed by atoms with E-state index in [-0.39, 0.29) is 18.4 Å². The van der Waals surface area contributed by atoms with E-state index in [1.54, 1.807) is 17.0 Å². The quantitative estimate of drug-likeness (QED) is 0.303. The monoisotopic (exact) mass is 576 g/mol. The second-order valence-corrected chi connectivity index (χ2v) is 11.2. The molecule has 3 atom stereocenters. The lowest BCUT2D eigenvalue weighted by atomic mass is 9.82. The van der Waals surface area contributed by atoms with Gasteiger partial charge in [-0.15, -0.1) is 0 Å². The van der Waals surface area contributed by atoms with E-state index < -0.39 is 17.9 Å². The maximum atomic E-state index is 14.0. The van der Waals surface area contributed by atoms with Crippen LogP contribution in [0, 0.1) is 5.92 Å². The molecule has 1 fully saturated rings. The van der Waals surface area contributed by atoms with Crippen LogP contribution in [-0.4, -0.2) is 54.7 Å². The Balaban J connectivity index is 1.51. The second-order valence-electron chi connectivity index (χ2n) is 10.7. The number of fused-ring (bicyclic) bond motifs is 1. The standard InChI is InChI=1S/C33H37ClN2O5/c1-3-5-15-36(26-8-6-7-25(34)19-26)30(37)21-35-20-27(24-13-14-28-29(18-24)41-17-16-40-28)31(33(38)39)32(35)23-11-9-22(4-2)10-12-23/h6-14,18-19,27,31-32H,3-5,15-17,20-21H2,1-2H3,(H,38,39). The summed E-state index contributed by atoms with van der Waals surface area (Å²) in [6.45, 7) is 6.18. The highest BCUT2D eigenvalue weighted by Crippen LogP contribution is 2.47. The van der Waals surface area contributed by atoms with E-state index in [4.69, 9.17) is 21.1 Å². The Morgan fingerprint density at radius 3 is 2.39 bits per heavy atom. The van der Waals surface area contributed by atoms with Crippen molar-refractivity contribution in [3.8, 4) is 11.5 Å². The Bertz CT molecular complexity index is 1380. The highest BCUT2D eigenvalue weighted by Gasteiger charge is 2.48. The first-order chi connectivity index (χ1) is 19.9. The summed E-state index contributed by atoms with van der Waals surface area (Å²) < 4.78 is 11.5. The van der Waals surface area contributed by atoms with Crippen molar-refractivity contribution in [1.29, 1.82) is 0 Å². The number of unbranched alkanes of at least 4 members (excludes halogenated alkanes) is 1. The molecular weight excluding hydrogens is 540 g/mol. The highest BCUT2D eigenvalue weighted by molar-refractivity contribution is 6.30. The molecule has 2 aliphatic heterocycles. The molecule has 3 aromatic rings. The molecule has 1 saturated heterocycles. The molecule has 0 radical (unpaired) electrons. The first kappa shape index (κ1) is 29.0. The number of amides is 1. The van der Waals surface area contributed by atoms with Gasteiger partial charge in [-0.25, -0.2) is 0 Å². The molecule has 0 saturated carbocycles. The number of likely N-dealkylation sites (tertiary alicyclic amines) is 1. The number of carbonyl (C=O) groups is 2. The third-order valence-corrected chi connectivity index (χ3v) is 8.34. The minimum atomic E-state index is -0.887. The van der Waals surface area contributed by atoms with Gasteiger partial charge < -0.3 is 19.5 Å². The maximum Gasteiger partial charge on any atom is 0.309 e. The van der Waals surface area contributed by atoms with Crippen molar-refractivity contribution in [3.05, 3.63) is 88.4 Å². The van der Waals surface area contributed by atoms with Gasteiger partial charge in [0.25, 0.3) is 0 Å². The van der Waals surface area contributed by atoms with Crippen molar-refractivity contribution in [1.82, 2.24) is 4.90 Å². The van der Waals surface area contributed by atoms with Crippen molar-refractivity contribution in [3.63, 3.8) is 0 Å². The van der Waals surface area contributed by atoms with Crippen molar-refractivity contribution in [2.24, 2.45) is 5.92 Å². The molecule has 2 aliphatic rings. The summed E-state index contributed by atoms with van der Waals surface area (Å²) in [5.74, 6) is -0.778. The molecule has 2 heterocycles. The summed E-state index contributed by atoms with van der Waals surface area (Å²) in [6.07, 6.45) is 2.67. The fourth-order valence-electron chi connectivity index (χ4n) is 5.99. The van der Waals surface area contributed by atoms with Gasteiger partial charge in [0, 0.05) is 35.8 Å². The lowest BCUT2D eigenvalue weighted by molar-refractivity contribution is -0.143. The molecule has 0 aromatic heterocycles. The third kappa shape index (κ3) is 6.36. The Morgan fingerprint density at radius 2 is 1.71 bits per heavy atom. The van der Waals surface area contributed by atoms with Gasteiger partial charge in [-0.05, 0) is 59.9 Å². The molecule has 3 aromatic carbocycles. The fraction of sp³-hybridized carbons (Fsp3) is 0.394. The number of benzene rings is 3. The van der Waals surface area contributed by atoms with E-state index in [1.807, 2.05) is 59.5 Å². The summed E-state index contributed by atoms with van der Waals surface area (Å²) in [5.41, 5.74) is 3.68. The van der Waals surface area contributed by atoms with Gasteiger partial charge in [-0.1, -0.05) is 68.3 Å². The average Bonchev–Trinajstić information content (AvgIpc) is 3.36. The van der Waals surface area contributed by atoms with Crippen molar-refractivity contribution in [2.75, 3.05) is 37.7 Å². The van der Waals surface area contributed by atoms with Crippen LogP contribution in [0.25, 0.3) is 0 Å². The summed E-state index contributed by atoms with van der Waals surface area (Å²) >= 11 is 6.28. The Hall–Kier alpha value is -3.55. The summed E-state index contributed by atoms with van der Waals surface area (Å²) in [5, 5.41) is 11.2. The van der Waals surface area contributed by atoms with Crippen LogP contribution < -0.4 is 14.4 Å². The van der Waals surface area contributed by atoms with E-state index in [0.29, 0.717) is 42.8 Å². The molecule has 0 aliphatic carbocycles. The van der Waals surface area contributed by atoms with Gasteiger partial charge in [0.2, 0.25) is 5.91 Å². The number of ether oxygens (including phenoxy) is 2. The zero-order valence-electron chi connectivity index (χ0n) is 23.6. The Kier molecular flexibility index (Phi) is 9.15. The number of halogens is 1. The fourth-order valence-corrected chi connectivity index (χ4v) is 6.17. The molecule has 0 bridgehead atoms. The Labute approximate surface area is 246 Å². The number of carbonyl (C=O) groups excluding carboxylic acids is 1. The van der Waals surface area contributed by atoms with Crippen LogP contribution >= 0.6 is 11.6 Å². The predicted octanol–water partition coefficient (Wildman–Crippen LogP) is 6.35. The molecule has 1 N–H and O–H groups in total. The minimum Gasteiger partial charge on any atom is -0.486 e. The second kappa shape index (κ2) is 13.0. The number of carboxylic acid groups (broad SMARTS) is 1. The van der Waals surface area contributed by atoms with Crippen LogP contribution in [0.5, 0.6) is 11.5 Å². The number of aryl methyl sites for hydroxylation is 1. The van der Waals surface area contributed by atoms with E-state index in [0.717, 1.165) is 36.1 Å². The van der Waals surface area contributed by atoms with Gasteiger partial charge in [0.1, 0.15) is 13.2 Å². The SMILES string of the molecule is CCCCN(C(=O)CN1CC(c2ccc3c(c2)OCCO3)C(C(=O)O)C1c1ccc(CC)cc1)c1cccc(Cl)c1. The van der Waals surface area contributed by atoms with E-state index in [1.165, 1.54) is 5.56 Å². The smallest absolute Gasteiger partial charge is 0.309 e. The molecule has 5 rings (SSSR count). The van der Waals surface area contributed by atoms with Crippen LogP contribution in [0.1, 0.15) is 55.3 Å².